The number of aliphatic hydroxyl groups is 4. The maximum absolute atomic E-state index is 10.7. The minimum absolute atomic E-state index is 0.0860. The first-order valence-electron chi connectivity index (χ1n) is 6.48. The van der Waals surface area contributed by atoms with Crippen molar-refractivity contribution in [2.24, 2.45) is 0 Å². The second-order valence-corrected chi connectivity index (χ2v) is 5.00. The van der Waals surface area contributed by atoms with E-state index in [2.05, 4.69) is 0 Å². The Kier molecular flexibility index (Phi) is 4.86. The molecule has 1 fully saturated rings. The molecular formula is C13H17NO7. The summed E-state index contributed by atoms with van der Waals surface area (Å²) in [6.07, 6.45) is -5.94. The van der Waals surface area contributed by atoms with Gasteiger partial charge in [-0.1, -0.05) is 12.1 Å². The quantitative estimate of drug-likeness (QED) is 0.413. The van der Waals surface area contributed by atoms with Gasteiger partial charge in [0, 0.05) is 18.6 Å². The fourth-order valence-electron chi connectivity index (χ4n) is 2.38. The predicted octanol–water partition coefficient (Wildman–Crippen LogP) is -1.02. The number of nitro groups is 1. The third kappa shape index (κ3) is 3.36. The molecule has 4 N–H and O–H groups in total. The maximum Gasteiger partial charge on any atom is 0.269 e. The van der Waals surface area contributed by atoms with Crippen LogP contribution in [0.2, 0.25) is 0 Å². The summed E-state index contributed by atoms with van der Waals surface area (Å²) in [6.45, 7) is -0.504. The number of hydrogen-bond donors (Lipinski definition) is 4. The minimum atomic E-state index is -1.44. The first-order valence-corrected chi connectivity index (χ1v) is 6.48. The first kappa shape index (κ1) is 15.8. The molecule has 2 unspecified atom stereocenters. The summed E-state index contributed by atoms with van der Waals surface area (Å²) in [5, 5.41) is 49.1. The lowest BCUT2D eigenvalue weighted by molar-refractivity contribution is -0.384. The van der Waals surface area contributed by atoms with Crippen molar-refractivity contribution in [3.8, 4) is 0 Å². The number of hydrogen-bond acceptors (Lipinski definition) is 7. The molecule has 0 amide bonds. The second kappa shape index (κ2) is 6.46. The number of benzene rings is 1. The second-order valence-electron chi connectivity index (χ2n) is 5.00. The molecular weight excluding hydrogens is 282 g/mol. The fourth-order valence-corrected chi connectivity index (χ4v) is 2.38. The topological polar surface area (TPSA) is 133 Å². The Hall–Kier alpha value is -1.58. The van der Waals surface area contributed by atoms with Crippen LogP contribution in [0.25, 0.3) is 0 Å². The largest absolute Gasteiger partial charge is 0.394 e. The number of rotatable bonds is 4. The SMILES string of the molecule is O=[N+]([O-])c1cccc(C[C@@H]2OC(CO)[C@@H](O)[C@H](O)C2O)c1. The lowest BCUT2D eigenvalue weighted by Gasteiger charge is -2.40. The summed E-state index contributed by atoms with van der Waals surface area (Å²) in [5.41, 5.74) is 0.464. The summed E-state index contributed by atoms with van der Waals surface area (Å²) in [5.74, 6) is 0. The van der Waals surface area contributed by atoms with Gasteiger partial charge in [0.15, 0.2) is 0 Å². The van der Waals surface area contributed by atoms with Crippen LogP contribution in [-0.4, -0.2) is 62.5 Å². The zero-order valence-electron chi connectivity index (χ0n) is 11.1. The molecule has 1 saturated heterocycles. The molecule has 1 aromatic carbocycles. The molecule has 0 bridgehead atoms. The van der Waals surface area contributed by atoms with Crippen LogP contribution in [-0.2, 0) is 11.2 Å². The van der Waals surface area contributed by atoms with Gasteiger partial charge in [-0.25, -0.2) is 0 Å². The third-order valence-corrected chi connectivity index (χ3v) is 3.55. The number of nitro benzene ring substituents is 1. The van der Waals surface area contributed by atoms with E-state index in [1.165, 1.54) is 18.2 Å². The average molecular weight is 299 g/mol. The van der Waals surface area contributed by atoms with E-state index in [4.69, 9.17) is 9.84 Å². The van der Waals surface area contributed by atoms with Crippen molar-refractivity contribution in [1.82, 2.24) is 0 Å². The van der Waals surface area contributed by atoms with Crippen molar-refractivity contribution >= 4 is 5.69 Å². The summed E-state index contributed by atoms with van der Waals surface area (Å²) in [4.78, 5) is 10.2. The van der Waals surface area contributed by atoms with Crippen molar-refractivity contribution in [3.05, 3.63) is 39.9 Å². The Morgan fingerprint density at radius 2 is 1.81 bits per heavy atom. The van der Waals surface area contributed by atoms with Gasteiger partial charge in [-0.05, 0) is 5.56 Å². The van der Waals surface area contributed by atoms with Crippen molar-refractivity contribution in [3.63, 3.8) is 0 Å². The summed E-state index contributed by atoms with van der Waals surface area (Å²) < 4.78 is 5.35. The Balaban J connectivity index is 2.14. The molecule has 8 heteroatoms. The van der Waals surface area contributed by atoms with Crippen LogP contribution >= 0.6 is 0 Å². The molecule has 2 rings (SSSR count). The zero-order chi connectivity index (χ0) is 15.6. The van der Waals surface area contributed by atoms with E-state index in [1.54, 1.807) is 6.07 Å². The monoisotopic (exact) mass is 299 g/mol. The molecule has 0 aromatic heterocycles. The van der Waals surface area contributed by atoms with E-state index in [0.717, 1.165) is 0 Å². The molecule has 5 atom stereocenters. The summed E-state index contributed by atoms with van der Waals surface area (Å²) in [7, 11) is 0. The van der Waals surface area contributed by atoms with Crippen LogP contribution in [0.5, 0.6) is 0 Å². The molecule has 1 heterocycles. The van der Waals surface area contributed by atoms with Gasteiger partial charge in [-0.2, -0.15) is 0 Å². The molecule has 8 nitrogen and oxygen atoms in total. The average Bonchev–Trinajstić information content (AvgIpc) is 2.48. The van der Waals surface area contributed by atoms with Crippen molar-refractivity contribution in [2.45, 2.75) is 36.9 Å². The highest BCUT2D eigenvalue weighted by molar-refractivity contribution is 5.34. The van der Waals surface area contributed by atoms with E-state index in [0.29, 0.717) is 5.56 Å². The van der Waals surface area contributed by atoms with Crippen LogP contribution in [0.4, 0.5) is 5.69 Å². The maximum atomic E-state index is 10.7. The van der Waals surface area contributed by atoms with Crippen LogP contribution < -0.4 is 0 Å². The van der Waals surface area contributed by atoms with Crippen LogP contribution in [0.3, 0.4) is 0 Å². The lowest BCUT2D eigenvalue weighted by atomic mass is 9.91. The van der Waals surface area contributed by atoms with E-state index in [1.807, 2.05) is 0 Å². The number of nitrogens with zero attached hydrogens (tertiary/aromatic N) is 1. The molecule has 1 aliphatic rings. The van der Waals surface area contributed by atoms with Gasteiger partial charge in [-0.15, -0.1) is 0 Å². The van der Waals surface area contributed by atoms with Crippen molar-refractivity contribution < 1.29 is 30.1 Å². The number of non-ortho nitro benzene ring substituents is 1. The highest BCUT2D eigenvalue weighted by Gasteiger charge is 2.43. The molecule has 0 radical (unpaired) electrons. The predicted molar refractivity (Wildman–Crippen MR) is 70.6 cm³/mol. The van der Waals surface area contributed by atoms with Crippen molar-refractivity contribution in [2.75, 3.05) is 6.61 Å². The van der Waals surface area contributed by atoms with Crippen LogP contribution in [0.15, 0.2) is 24.3 Å². The standard InChI is InChI=1S/C13H17NO7/c15-6-10-12(17)13(18)11(16)9(21-10)5-7-2-1-3-8(4-7)14(19)20/h1-4,9-13,15-18H,5-6H2/t9-,10?,11?,12+,13+/m0/s1. The van der Waals surface area contributed by atoms with Gasteiger partial charge < -0.3 is 25.2 Å². The van der Waals surface area contributed by atoms with Crippen LogP contribution in [0.1, 0.15) is 5.56 Å². The first-order chi connectivity index (χ1) is 9.93. The highest BCUT2D eigenvalue weighted by Crippen LogP contribution is 2.24. The van der Waals surface area contributed by atoms with Gasteiger partial charge in [0.2, 0.25) is 0 Å². The number of aliphatic hydroxyl groups excluding tert-OH is 4. The Morgan fingerprint density at radius 3 is 2.43 bits per heavy atom. The lowest BCUT2D eigenvalue weighted by Crippen LogP contribution is -2.59. The van der Waals surface area contributed by atoms with Gasteiger partial charge in [-0.3, -0.25) is 10.1 Å². The Morgan fingerprint density at radius 1 is 1.14 bits per heavy atom. The number of ether oxygens (including phenoxy) is 1. The Labute approximate surface area is 120 Å². The molecule has 1 aromatic rings. The van der Waals surface area contributed by atoms with Gasteiger partial charge in [0.25, 0.3) is 5.69 Å². The fraction of sp³-hybridized carbons (Fsp3) is 0.538. The van der Waals surface area contributed by atoms with E-state index in [-0.39, 0.29) is 12.1 Å². The molecule has 1 aliphatic heterocycles. The molecule has 0 spiro atoms. The zero-order valence-corrected chi connectivity index (χ0v) is 11.1. The Bertz CT molecular complexity index is 507. The molecule has 0 aliphatic carbocycles. The summed E-state index contributed by atoms with van der Waals surface area (Å²) >= 11 is 0. The van der Waals surface area contributed by atoms with Gasteiger partial charge in [0.05, 0.1) is 17.6 Å². The van der Waals surface area contributed by atoms with Crippen LogP contribution in [0, 0.1) is 10.1 Å². The van der Waals surface area contributed by atoms with Gasteiger partial charge >= 0.3 is 0 Å². The van der Waals surface area contributed by atoms with Gasteiger partial charge in [0.1, 0.15) is 24.4 Å². The van der Waals surface area contributed by atoms with E-state index in [9.17, 15) is 25.4 Å². The van der Waals surface area contributed by atoms with E-state index < -0.39 is 42.1 Å². The van der Waals surface area contributed by atoms with Crippen molar-refractivity contribution in [1.29, 1.82) is 0 Å². The molecule has 116 valence electrons. The smallest absolute Gasteiger partial charge is 0.269 e. The van der Waals surface area contributed by atoms with E-state index >= 15 is 0 Å². The normalized spacial score (nSPS) is 32.9. The third-order valence-electron chi connectivity index (χ3n) is 3.55. The molecule has 21 heavy (non-hydrogen) atoms. The summed E-state index contributed by atoms with van der Waals surface area (Å²) in [6, 6.07) is 5.84. The highest BCUT2D eigenvalue weighted by atomic mass is 16.6. The minimum Gasteiger partial charge on any atom is -0.394 e. The molecule has 0 saturated carbocycles.